The quantitative estimate of drug-likeness (QED) is 0.610. The van der Waals surface area contributed by atoms with Crippen LogP contribution in [0.4, 0.5) is 11.4 Å². The molecule has 3 aromatic rings. The lowest BCUT2D eigenvalue weighted by Gasteiger charge is -2.16. The SMILES string of the molecule is Cc1ccc2c(c1)NC(=O)/C2=C(\Nc1ccc(CN(C)C)cc1)c1ccccc1. The molecule has 0 aromatic heterocycles. The first-order valence-electron chi connectivity index (χ1n) is 9.74. The molecule has 0 unspecified atom stereocenters. The van der Waals surface area contributed by atoms with E-state index >= 15 is 0 Å². The van der Waals surface area contributed by atoms with Crippen molar-refractivity contribution in [2.75, 3.05) is 24.7 Å². The van der Waals surface area contributed by atoms with Crippen LogP contribution in [0.25, 0.3) is 11.3 Å². The Kier molecular flexibility index (Phi) is 5.19. The number of benzene rings is 3. The summed E-state index contributed by atoms with van der Waals surface area (Å²) in [5.74, 6) is -0.0822. The second-order valence-electron chi connectivity index (χ2n) is 7.68. The fraction of sp³-hybridized carbons (Fsp3) is 0.160. The summed E-state index contributed by atoms with van der Waals surface area (Å²) < 4.78 is 0. The summed E-state index contributed by atoms with van der Waals surface area (Å²) in [5, 5.41) is 6.52. The Morgan fingerprint density at radius 1 is 0.966 bits per heavy atom. The Balaban J connectivity index is 1.78. The highest BCUT2D eigenvalue weighted by atomic mass is 16.2. The highest BCUT2D eigenvalue weighted by Crippen LogP contribution is 2.37. The van der Waals surface area contributed by atoms with E-state index in [1.54, 1.807) is 0 Å². The van der Waals surface area contributed by atoms with Gasteiger partial charge in [-0.15, -0.1) is 0 Å². The molecule has 29 heavy (non-hydrogen) atoms. The van der Waals surface area contributed by atoms with Crippen molar-refractivity contribution in [1.82, 2.24) is 4.90 Å². The van der Waals surface area contributed by atoms with Gasteiger partial charge in [-0.1, -0.05) is 54.6 Å². The molecule has 0 fully saturated rings. The predicted octanol–water partition coefficient (Wildman–Crippen LogP) is 4.99. The van der Waals surface area contributed by atoms with Crippen LogP contribution in [0.1, 0.15) is 22.3 Å². The number of hydrogen-bond acceptors (Lipinski definition) is 3. The van der Waals surface area contributed by atoms with Crippen LogP contribution in [0, 0.1) is 6.92 Å². The van der Waals surface area contributed by atoms with Gasteiger partial charge in [-0.05, 0) is 55.9 Å². The van der Waals surface area contributed by atoms with Gasteiger partial charge in [-0.2, -0.15) is 0 Å². The molecule has 3 aromatic carbocycles. The van der Waals surface area contributed by atoms with Gasteiger partial charge in [0.05, 0.1) is 11.3 Å². The first kappa shape index (κ1) is 19.0. The zero-order valence-electron chi connectivity index (χ0n) is 17.0. The molecule has 4 heteroatoms. The molecule has 0 saturated heterocycles. The molecule has 1 aliphatic rings. The average molecular weight is 383 g/mol. The summed E-state index contributed by atoms with van der Waals surface area (Å²) >= 11 is 0. The normalized spacial score (nSPS) is 14.6. The van der Waals surface area contributed by atoms with E-state index in [-0.39, 0.29) is 5.91 Å². The Labute approximate surface area is 171 Å². The average Bonchev–Trinajstić information content (AvgIpc) is 3.02. The van der Waals surface area contributed by atoms with Crippen molar-refractivity contribution in [2.24, 2.45) is 0 Å². The summed E-state index contributed by atoms with van der Waals surface area (Å²) in [4.78, 5) is 15.0. The number of fused-ring (bicyclic) bond motifs is 1. The third-order valence-corrected chi connectivity index (χ3v) is 4.95. The molecule has 4 nitrogen and oxygen atoms in total. The van der Waals surface area contributed by atoms with Gasteiger partial charge in [0.1, 0.15) is 0 Å². The van der Waals surface area contributed by atoms with Crippen molar-refractivity contribution in [3.05, 3.63) is 95.1 Å². The number of carbonyl (C=O) groups excluding carboxylic acids is 1. The molecule has 1 heterocycles. The third kappa shape index (κ3) is 4.08. The van der Waals surface area contributed by atoms with Crippen molar-refractivity contribution in [3.63, 3.8) is 0 Å². The smallest absolute Gasteiger partial charge is 0.258 e. The Morgan fingerprint density at radius 2 is 1.69 bits per heavy atom. The molecule has 0 bridgehead atoms. The third-order valence-electron chi connectivity index (χ3n) is 4.95. The van der Waals surface area contributed by atoms with Crippen molar-refractivity contribution < 1.29 is 4.79 Å². The zero-order valence-corrected chi connectivity index (χ0v) is 17.0. The summed E-state index contributed by atoms with van der Waals surface area (Å²) in [5.41, 5.74) is 7.56. The zero-order chi connectivity index (χ0) is 20.4. The largest absolute Gasteiger partial charge is 0.354 e. The topological polar surface area (TPSA) is 44.4 Å². The van der Waals surface area contributed by atoms with Gasteiger partial charge in [-0.3, -0.25) is 4.79 Å². The molecular formula is C25H25N3O. The van der Waals surface area contributed by atoms with Crippen molar-refractivity contribution >= 4 is 28.6 Å². The number of amides is 1. The van der Waals surface area contributed by atoms with E-state index in [0.717, 1.165) is 40.3 Å². The molecule has 1 amide bonds. The molecule has 0 saturated carbocycles. The van der Waals surface area contributed by atoms with Crippen LogP contribution in [0.5, 0.6) is 0 Å². The molecule has 1 aliphatic heterocycles. The number of anilines is 2. The van der Waals surface area contributed by atoms with Crippen LogP contribution in [-0.4, -0.2) is 24.9 Å². The van der Waals surface area contributed by atoms with E-state index in [4.69, 9.17) is 0 Å². The van der Waals surface area contributed by atoms with Crippen LogP contribution in [0.3, 0.4) is 0 Å². The van der Waals surface area contributed by atoms with Gasteiger partial charge in [0.2, 0.25) is 0 Å². The molecule has 0 aliphatic carbocycles. The molecule has 2 N–H and O–H groups in total. The minimum atomic E-state index is -0.0822. The van der Waals surface area contributed by atoms with Crippen molar-refractivity contribution in [3.8, 4) is 0 Å². The van der Waals surface area contributed by atoms with Gasteiger partial charge in [-0.25, -0.2) is 0 Å². The molecular weight excluding hydrogens is 358 g/mol. The van der Waals surface area contributed by atoms with Gasteiger partial charge in [0.15, 0.2) is 0 Å². The Morgan fingerprint density at radius 3 is 2.38 bits per heavy atom. The number of rotatable bonds is 5. The molecule has 0 atom stereocenters. The summed E-state index contributed by atoms with van der Waals surface area (Å²) in [6.07, 6.45) is 0. The van der Waals surface area contributed by atoms with Crippen molar-refractivity contribution in [1.29, 1.82) is 0 Å². The summed E-state index contributed by atoms with van der Waals surface area (Å²) in [6.45, 7) is 2.92. The monoisotopic (exact) mass is 383 g/mol. The minimum absolute atomic E-state index is 0.0822. The maximum absolute atomic E-state index is 12.9. The van der Waals surface area contributed by atoms with Crippen LogP contribution < -0.4 is 10.6 Å². The standard InChI is InChI=1S/C25H25N3O/c1-17-9-14-21-22(15-17)27-25(29)23(21)24(19-7-5-4-6-8-19)26-20-12-10-18(11-13-20)16-28(2)3/h4-15,26H,16H2,1-3H3,(H,27,29)/b24-23-. The predicted molar refractivity (Wildman–Crippen MR) is 121 cm³/mol. The molecule has 0 radical (unpaired) electrons. The number of hydrogen-bond donors (Lipinski definition) is 2. The lowest BCUT2D eigenvalue weighted by Crippen LogP contribution is -2.11. The van der Waals surface area contributed by atoms with Crippen molar-refractivity contribution in [2.45, 2.75) is 13.5 Å². The first-order chi connectivity index (χ1) is 14.0. The second kappa shape index (κ2) is 7.94. The molecule has 4 rings (SSSR count). The van der Waals surface area contributed by atoms with E-state index < -0.39 is 0 Å². The summed E-state index contributed by atoms with van der Waals surface area (Å²) in [6, 6.07) is 24.4. The van der Waals surface area contributed by atoms with Crippen LogP contribution in [0.2, 0.25) is 0 Å². The van der Waals surface area contributed by atoms with Crippen LogP contribution in [-0.2, 0) is 11.3 Å². The highest BCUT2D eigenvalue weighted by Gasteiger charge is 2.28. The fourth-order valence-electron chi connectivity index (χ4n) is 3.62. The van der Waals surface area contributed by atoms with E-state index in [9.17, 15) is 4.79 Å². The Hall–Kier alpha value is -3.37. The van der Waals surface area contributed by atoms with Gasteiger partial charge in [0.25, 0.3) is 5.91 Å². The first-order valence-corrected chi connectivity index (χ1v) is 9.74. The van der Waals surface area contributed by atoms with Gasteiger partial charge in [0, 0.05) is 23.5 Å². The molecule has 146 valence electrons. The van der Waals surface area contributed by atoms with Crippen LogP contribution in [0.15, 0.2) is 72.8 Å². The lowest BCUT2D eigenvalue weighted by molar-refractivity contribution is -0.110. The highest BCUT2D eigenvalue weighted by molar-refractivity contribution is 6.37. The number of carbonyl (C=O) groups is 1. The number of aryl methyl sites for hydroxylation is 1. The van der Waals surface area contributed by atoms with E-state index in [0.29, 0.717) is 5.57 Å². The maximum atomic E-state index is 12.9. The van der Waals surface area contributed by atoms with Gasteiger partial charge >= 0.3 is 0 Å². The van der Waals surface area contributed by atoms with E-state index in [2.05, 4.69) is 53.9 Å². The van der Waals surface area contributed by atoms with Gasteiger partial charge < -0.3 is 15.5 Å². The summed E-state index contributed by atoms with van der Waals surface area (Å²) in [7, 11) is 4.11. The number of nitrogens with one attached hydrogen (secondary N) is 2. The minimum Gasteiger partial charge on any atom is -0.354 e. The lowest BCUT2D eigenvalue weighted by atomic mass is 9.99. The van der Waals surface area contributed by atoms with Crippen LogP contribution >= 0.6 is 0 Å². The maximum Gasteiger partial charge on any atom is 0.258 e. The fourth-order valence-corrected chi connectivity index (χ4v) is 3.62. The van der Waals surface area contributed by atoms with E-state index in [1.165, 1.54) is 5.56 Å². The van der Waals surface area contributed by atoms with E-state index in [1.807, 2.05) is 55.5 Å². The molecule has 0 spiro atoms. The number of nitrogens with zero attached hydrogens (tertiary/aromatic N) is 1. The second-order valence-corrected chi connectivity index (χ2v) is 7.68. The Bertz CT molecular complexity index is 1070.